The Bertz CT molecular complexity index is 570. The van der Waals surface area contributed by atoms with Crippen LogP contribution < -0.4 is 5.32 Å². The molecule has 0 amide bonds. The molecule has 21 heavy (non-hydrogen) atoms. The Hall–Kier alpha value is -1.66. The second-order valence-corrected chi connectivity index (χ2v) is 6.31. The molecule has 0 atom stereocenters. The summed E-state index contributed by atoms with van der Waals surface area (Å²) in [6, 6.07) is 4.45. The third-order valence-electron chi connectivity index (χ3n) is 4.10. The molecule has 0 bridgehead atoms. The number of nitro benzene ring substituents is 1. The number of hydrogen-bond donors (Lipinski definition) is 2. The zero-order valence-electron chi connectivity index (χ0n) is 12.4. The fourth-order valence-electron chi connectivity index (χ4n) is 1.69. The molecule has 0 saturated carbocycles. The van der Waals surface area contributed by atoms with Crippen molar-refractivity contribution in [3.05, 3.63) is 38.9 Å². The van der Waals surface area contributed by atoms with Gasteiger partial charge in [0.2, 0.25) is 0 Å². The lowest BCUT2D eigenvalue weighted by Gasteiger charge is -2.39. The topological polar surface area (TPSA) is 92.5 Å². The van der Waals surface area contributed by atoms with E-state index in [0.717, 1.165) is 0 Å². The van der Waals surface area contributed by atoms with Gasteiger partial charge in [-0.25, -0.2) is 0 Å². The highest BCUT2D eigenvalue weighted by Crippen LogP contribution is 2.32. The molecule has 0 aliphatic carbocycles. The van der Waals surface area contributed by atoms with Crippen molar-refractivity contribution < 1.29 is 14.8 Å². The molecule has 0 saturated heterocycles. The molecule has 2 N–H and O–H groups in total. The molecule has 116 valence electrons. The first-order valence-electron chi connectivity index (χ1n) is 6.41. The molecule has 0 unspecified atom stereocenters. The molecule has 0 fully saturated rings. The Morgan fingerprint density at radius 2 is 1.95 bits per heavy atom. The van der Waals surface area contributed by atoms with Gasteiger partial charge in [-0.2, -0.15) is 0 Å². The van der Waals surface area contributed by atoms with E-state index >= 15 is 0 Å². The highest BCUT2D eigenvalue weighted by atomic mass is 35.5. The maximum Gasteiger partial charge on any atom is 0.310 e. The van der Waals surface area contributed by atoms with Crippen molar-refractivity contribution in [2.24, 2.45) is 5.41 Å². The average Bonchev–Trinajstić information content (AvgIpc) is 2.36. The molecule has 1 rings (SSSR count). The predicted octanol–water partition coefficient (Wildman–Crippen LogP) is 3.23. The van der Waals surface area contributed by atoms with Gasteiger partial charge in [-0.05, 0) is 33.8 Å². The van der Waals surface area contributed by atoms with Crippen LogP contribution in [0.15, 0.2) is 18.2 Å². The lowest BCUT2D eigenvalue weighted by atomic mass is 9.74. The van der Waals surface area contributed by atoms with Gasteiger partial charge in [0.15, 0.2) is 0 Å². The highest BCUT2D eigenvalue weighted by molar-refractivity contribution is 6.31. The van der Waals surface area contributed by atoms with Gasteiger partial charge in [0, 0.05) is 18.2 Å². The van der Waals surface area contributed by atoms with Crippen LogP contribution in [0.5, 0.6) is 0 Å². The van der Waals surface area contributed by atoms with Crippen molar-refractivity contribution in [3.8, 4) is 0 Å². The summed E-state index contributed by atoms with van der Waals surface area (Å²) in [4.78, 5) is 21.9. The van der Waals surface area contributed by atoms with E-state index in [2.05, 4.69) is 5.32 Å². The Kier molecular flexibility index (Phi) is 4.96. The van der Waals surface area contributed by atoms with Gasteiger partial charge < -0.3 is 10.4 Å². The van der Waals surface area contributed by atoms with Gasteiger partial charge in [-0.15, -0.1) is 0 Å². The van der Waals surface area contributed by atoms with Crippen molar-refractivity contribution >= 4 is 23.3 Å². The van der Waals surface area contributed by atoms with Gasteiger partial charge in [0.1, 0.15) is 0 Å². The van der Waals surface area contributed by atoms with E-state index in [1.165, 1.54) is 12.1 Å². The first kappa shape index (κ1) is 17.4. The lowest BCUT2D eigenvalue weighted by Crippen LogP contribution is -2.54. The van der Waals surface area contributed by atoms with Crippen molar-refractivity contribution in [1.82, 2.24) is 5.32 Å². The summed E-state index contributed by atoms with van der Waals surface area (Å²) in [5.74, 6) is -0.950. The number of benzene rings is 1. The van der Waals surface area contributed by atoms with Crippen LogP contribution in [0.25, 0.3) is 0 Å². The fourth-order valence-corrected chi connectivity index (χ4v) is 1.93. The summed E-state index contributed by atoms with van der Waals surface area (Å²) in [7, 11) is 0. The van der Waals surface area contributed by atoms with Crippen LogP contribution >= 0.6 is 11.6 Å². The maximum absolute atomic E-state index is 11.3. The SMILES string of the molecule is CC(C)(NCc1c(Cl)cccc1[N+](=O)[O-])C(C)(C)C(=O)O. The zero-order chi connectivity index (χ0) is 16.4. The van der Waals surface area contributed by atoms with Gasteiger partial charge >= 0.3 is 5.97 Å². The standard InChI is InChI=1S/C14H19ClN2O4/c1-13(2,12(18)19)14(3,4)16-8-9-10(15)6-5-7-11(9)17(20)21/h5-7,16H,8H2,1-4H3,(H,18,19). The van der Waals surface area contributed by atoms with Crippen LogP contribution in [0, 0.1) is 15.5 Å². The Morgan fingerprint density at radius 3 is 2.43 bits per heavy atom. The number of rotatable bonds is 6. The van der Waals surface area contributed by atoms with Gasteiger partial charge in [-0.3, -0.25) is 14.9 Å². The summed E-state index contributed by atoms with van der Waals surface area (Å²) in [5.41, 5.74) is -1.58. The minimum absolute atomic E-state index is 0.0843. The summed E-state index contributed by atoms with van der Waals surface area (Å²) in [6.07, 6.45) is 0. The quantitative estimate of drug-likeness (QED) is 0.621. The lowest BCUT2D eigenvalue weighted by molar-refractivity contribution is -0.385. The van der Waals surface area contributed by atoms with Crippen LogP contribution in [-0.4, -0.2) is 21.5 Å². The molecular weight excluding hydrogens is 296 g/mol. The van der Waals surface area contributed by atoms with Crippen molar-refractivity contribution in [2.45, 2.75) is 39.8 Å². The molecule has 6 nitrogen and oxygen atoms in total. The van der Waals surface area contributed by atoms with E-state index in [1.807, 2.05) is 0 Å². The smallest absolute Gasteiger partial charge is 0.310 e. The molecule has 0 spiro atoms. The number of carboxylic acid groups (broad SMARTS) is 1. The monoisotopic (exact) mass is 314 g/mol. The largest absolute Gasteiger partial charge is 0.481 e. The zero-order valence-corrected chi connectivity index (χ0v) is 13.2. The molecule has 0 heterocycles. The van der Waals surface area contributed by atoms with Crippen LogP contribution in [0.4, 0.5) is 5.69 Å². The number of carbonyl (C=O) groups is 1. The van der Waals surface area contributed by atoms with Gasteiger partial charge in [0.05, 0.1) is 20.9 Å². The van der Waals surface area contributed by atoms with Crippen LogP contribution in [0.3, 0.4) is 0 Å². The van der Waals surface area contributed by atoms with E-state index < -0.39 is 21.8 Å². The minimum atomic E-state index is -1.05. The van der Waals surface area contributed by atoms with Crippen LogP contribution in [-0.2, 0) is 11.3 Å². The Labute approximate surface area is 128 Å². The number of carboxylic acids is 1. The second-order valence-electron chi connectivity index (χ2n) is 5.90. The summed E-state index contributed by atoms with van der Waals surface area (Å²) in [5, 5.41) is 23.7. The molecule has 0 radical (unpaired) electrons. The van der Waals surface area contributed by atoms with Crippen LogP contribution in [0.1, 0.15) is 33.3 Å². The Morgan fingerprint density at radius 1 is 1.38 bits per heavy atom. The number of aliphatic carboxylic acids is 1. The first-order valence-corrected chi connectivity index (χ1v) is 6.78. The normalized spacial score (nSPS) is 12.2. The predicted molar refractivity (Wildman–Crippen MR) is 80.4 cm³/mol. The Balaban J connectivity index is 3.04. The first-order chi connectivity index (χ1) is 9.50. The number of nitrogens with zero attached hydrogens (tertiary/aromatic N) is 1. The number of hydrogen-bond acceptors (Lipinski definition) is 4. The van der Waals surface area contributed by atoms with Gasteiger partial charge in [-0.1, -0.05) is 17.7 Å². The molecule has 1 aromatic carbocycles. The molecular formula is C14H19ClN2O4. The molecule has 0 aliphatic rings. The number of nitro groups is 1. The maximum atomic E-state index is 11.3. The number of nitrogens with one attached hydrogen (secondary N) is 1. The third kappa shape index (κ3) is 3.51. The average molecular weight is 315 g/mol. The van der Waals surface area contributed by atoms with E-state index in [-0.39, 0.29) is 17.3 Å². The van der Waals surface area contributed by atoms with E-state index in [4.69, 9.17) is 11.6 Å². The fraction of sp³-hybridized carbons (Fsp3) is 0.500. The molecule has 0 aromatic heterocycles. The van der Waals surface area contributed by atoms with E-state index in [1.54, 1.807) is 33.8 Å². The summed E-state index contributed by atoms with van der Waals surface area (Å²) < 4.78 is 0. The van der Waals surface area contributed by atoms with Crippen LogP contribution in [0.2, 0.25) is 5.02 Å². The van der Waals surface area contributed by atoms with Crippen molar-refractivity contribution in [3.63, 3.8) is 0 Å². The molecule has 7 heteroatoms. The third-order valence-corrected chi connectivity index (χ3v) is 4.45. The van der Waals surface area contributed by atoms with Gasteiger partial charge in [0.25, 0.3) is 5.69 Å². The molecule has 1 aromatic rings. The second kappa shape index (κ2) is 5.99. The highest BCUT2D eigenvalue weighted by Gasteiger charge is 2.43. The summed E-state index contributed by atoms with van der Waals surface area (Å²) >= 11 is 6.02. The summed E-state index contributed by atoms with van der Waals surface area (Å²) in [6.45, 7) is 6.79. The number of halogens is 1. The molecule has 0 aliphatic heterocycles. The van der Waals surface area contributed by atoms with Crippen molar-refractivity contribution in [2.75, 3.05) is 0 Å². The van der Waals surface area contributed by atoms with Crippen molar-refractivity contribution in [1.29, 1.82) is 0 Å². The van der Waals surface area contributed by atoms with E-state index in [9.17, 15) is 20.0 Å². The van der Waals surface area contributed by atoms with E-state index in [0.29, 0.717) is 5.56 Å². The minimum Gasteiger partial charge on any atom is -0.481 e.